The van der Waals surface area contributed by atoms with Crippen LogP contribution in [0.15, 0.2) is 46.8 Å². The van der Waals surface area contributed by atoms with Crippen LogP contribution in [-0.2, 0) is 9.53 Å². The lowest BCUT2D eigenvalue weighted by Crippen LogP contribution is -2.14. The Hall–Kier alpha value is -3.64. The minimum Gasteiger partial charge on any atom is -0.493 e. The van der Waals surface area contributed by atoms with Crippen molar-refractivity contribution in [1.29, 1.82) is 0 Å². The smallest absolute Gasteiger partial charge is 0.338 e. The van der Waals surface area contributed by atoms with Crippen molar-refractivity contribution in [2.75, 3.05) is 37.2 Å². The number of hydrogen-bond acceptors (Lipinski definition) is 10. The summed E-state index contributed by atoms with van der Waals surface area (Å²) in [6.07, 6.45) is 0. The maximum absolute atomic E-state index is 12.6. The van der Waals surface area contributed by atoms with Crippen molar-refractivity contribution in [1.82, 2.24) is 10.2 Å². The summed E-state index contributed by atoms with van der Waals surface area (Å²) < 4.78 is 15.9. The van der Waals surface area contributed by atoms with E-state index in [1.807, 2.05) is 0 Å². The fourth-order valence-corrected chi connectivity index (χ4v) is 4.32. The highest BCUT2D eigenvalue weighted by Gasteiger charge is 2.18. The molecule has 0 aliphatic rings. The van der Waals surface area contributed by atoms with E-state index in [9.17, 15) is 14.4 Å². The van der Waals surface area contributed by atoms with Gasteiger partial charge in [0.05, 0.1) is 37.7 Å². The van der Waals surface area contributed by atoms with Crippen molar-refractivity contribution in [2.45, 2.75) is 11.3 Å². The zero-order chi connectivity index (χ0) is 24.5. The molecule has 0 aliphatic heterocycles. The lowest BCUT2D eigenvalue weighted by Gasteiger charge is -2.11. The van der Waals surface area contributed by atoms with Crippen LogP contribution in [0.5, 0.6) is 11.5 Å². The lowest BCUT2D eigenvalue weighted by molar-refractivity contribution is -0.113. The number of aromatic nitrogens is 2. The maximum Gasteiger partial charge on any atom is 0.338 e. The number of carbonyl (C=O) groups excluding carboxylic acids is 3. The van der Waals surface area contributed by atoms with Gasteiger partial charge in [-0.1, -0.05) is 29.2 Å². The van der Waals surface area contributed by atoms with Gasteiger partial charge in [-0.25, -0.2) is 4.79 Å². The molecule has 2 N–H and O–H groups in total. The zero-order valence-corrected chi connectivity index (χ0v) is 20.2. The molecule has 0 spiro atoms. The van der Waals surface area contributed by atoms with Gasteiger partial charge in [-0.05, 0) is 43.3 Å². The van der Waals surface area contributed by atoms with E-state index in [2.05, 4.69) is 20.8 Å². The molecule has 178 valence electrons. The second-order valence-corrected chi connectivity index (χ2v) is 8.70. The van der Waals surface area contributed by atoms with Gasteiger partial charge in [-0.3, -0.25) is 14.9 Å². The molecule has 0 radical (unpaired) electrons. The van der Waals surface area contributed by atoms with Crippen LogP contribution in [0.3, 0.4) is 0 Å². The average molecular weight is 503 g/mol. The molecule has 0 aliphatic carbocycles. The number of esters is 1. The van der Waals surface area contributed by atoms with Crippen LogP contribution in [0, 0.1) is 0 Å². The first-order chi connectivity index (χ1) is 16.4. The number of nitrogens with zero attached hydrogens (tertiary/aromatic N) is 2. The van der Waals surface area contributed by atoms with Crippen LogP contribution < -0.4 is 20.1 Å². The second kappa shape index (κ2) is 12.0. The lowest BCUT2D eigenvalue weighted by atomic mass is 10.1. The van der Waals surface area contributed by atoms with Crippen LogP contribution >= 0.6 is 23.1 Å². The molecule has 0 saturated carbocycles. The minimum atomic E-state index is -0.424. The third-order valence-corrected chi connectivity index (χ3v) is 6.25. The Morgan fingerprint density at radius 2 is 1.76 bits per heavy atom. The van der Waals surface area contributed by atoms with Crippen molar-refractivity contribution < 1.29 is 28.6 Å². The van der Waals surface area contributed by atoms with Gasteiger partial charge in [0.15, 0.2) is 15.8 Å². The quantitative estimate of drug-likeness (QED) is 0.242. The third kappa shape index (κ3) is 6.45. The Balaban J connectivity index is 1.53. The summed E-state index contributed by atoms with van der Waals surface area (Å²) >= 11 is 2.33. The summed E-state index contributed by atoms with van der Waals surface area (Å²) in [7, 11) is 2.94. The molecule has 1 aromatic heterocycles. The van der Waals surface area contributed by atoms with Gasteiger partial charge < -0.3 is 19.5 Å². The molecule has 0 unspecified atom stereocenters. The Morgan fingerprint density at radius 1 is 1.00 bits per heavy atom. The summed E-state index contributed by atoms with van der Waals surface area (Å²) in [4.78, 5) is 36.6. The number of anilines is 2. The van der Waals surface area contributed by atoms with Crippen LogP contribution in [0.25, 0.3) is 0 Å². The molecule has 0 bridgehead atoms. The second-order valence-electron chi connectivity index (χ2n) is 6.50. The van der Waals surface area contributed by atoms with Gasteiger partial charge in [-0.2, -0.15) is 0 Å². The summed E-state index contributed by atoms with van der Waals surface area (Å²) in [5, 5.41) is 13.6. The van der Waals surface area contributed by atoms with Crippen molar-refractivity contribution in [2.24, 2.45) is 0 Å². The van der Waals surface area contributed by atoms with E-state index in [4.69, 9.17) is 14.2 Å². The molecule has 12 heteroatoms. The number of methoxy groups -OCH3 is 2. The molecular weight excluding hydrogens is 480 g/mol. The minimum absolute atomic E-state index is 0.0892. The van der Waals surface area contributed by atoms with Crippen LogP contribution in [0.4, 0.5) is 10.8 Å². The zero-order valence-electron chi connectivity index (χ0n) is 18.6. The normalized spacial score (nSPS) is 10.3. The molecule has 2 aromatic carbocycles. The maximum atomic E-state index is 12.6. The predicted molar refractivity (Wildman–Crippen MR) is 129 cm³/mol. The topological polar surface area (TPSA) is 129 Å². The molecular formula is C22H22N4O6S2. The average Bonchev–Trinajstić information content (AvgIpc) is 3.29. The molecule has 0 saturated heterocycles. The Kier molecular flexibility index (Phi) is 8.82. The Labute approximate surface area is 204 Å². The third-order valence-electron chi connectivity index (χ3n) is 4.28. The number of para-hydroxylation sites is 1. The van der Waals surface area contributed by atoms with Gasteiger partial charge >= 0.3 is 5.97 Å². The summed E-state index contributed by atoms with van der Waals surface area (Å²) in [5.74, 6) is -0.256. The molecule has 3 aromatic rings. The van der Waals surface area contributed by atoms with E-state index in [0.717, 1.165) is 11.3 Å². The molecule has 2 amide bonds. The first kappa shape index (κ1) is 25.0. The highest BCUT2D eigenvalue weighted by Crippen LogP contribution is 2.32. The number of hydrogen-bond donors (Lipinski definition) is 2. The Morgan fingerprint density at radius 3 is 2.44 bits per heavy atom. The van der Waals surface area contributed by atoms with E-state index < -0.39 is 11.9 Å². The highest BCUT2D eigenvalue weighted by molar-refractivity contribution is 8.01. The van der Waals surface area contributed by atoms with Crippen molar-refractivity contribution >= 4 is 51.7 Å². The van der Waals surface area contributed by atoms with Crippen LogP contribution in [0.1, 0.15) is 27.6 Å². The number of ether oxygens (including phenoxy) is 3. The first-order valence-electron chi connectivity index (χ1n) is 10.0. The largest absolute Gasteiger partial charge is 0.493 e. The SMILES string of the molecule is CCOC(=O)c1ccc(NC(=O)CSc2nnc(NC(=O)c3cccc(OC)c3OC)s2)cc1. The van der Waals surface area contributed by atoms with E-state index in [1.165, 1.54) is 26.0 Å². The molecule has 34 heavy (non-hydrogen) atoms. The number of thioether (sulfide) groups is 1. The monoisotopic (exact) mass is 502 g/mol. The summed E-state index contributed by atoms with van der Waals surface area (Å²) in [6.45, 7) is 2.03. The van der Waals surface area contributed by atoms with Gasteiger partial charge in [0.1, 0.15) is 0 Å². The predicted octanol–water partition coefficient (Wildman–Crippen LogP) is 3.72. The number of benzene rings is 2. The van der Waals surface area contributed by atoms with Gasteiger partial charge in [0.25, 0.3) is 5.91 Å². The summed E-state index contributed by atoms with van der Waals surface area (Å²) in [5.41, 5.74) is 1.25. The highest BCUT2D eigenvalue weighted by atomic mass is 32.2. The molecule has 10 nitrogen and oxygen atoms in total. The molecule has 3 rings (SSSR count). The fourth-order valence-electron chi connectivity index (χ4n) is 2.78. The van der Waals surface area contributed by atoms with E-state index in [-0.39, 0.29) is 16.8 Å². The number of nitrogens with one attached hydrogen (secondary N) is 2. The number of carbonyl (C=O) groups is 3. The fraction of sp³-hybridized carbons (Fsp3) is 0.227. The molecule has 0 fully saturated rings. The van der Waals surface area contributed by atoms with E-state index >= 15 is 0 Å². The van der Waals surface area contributed by atoms with Crippen molar-refractivity contribution in [3.63, 3.8) is 0 Å². The van der Waals surface area contributed by atoms with Crippen LogP contribution in [0.2, 0.25) is 0 Å². The van der Waals surface area contributed by atoms with Gasteiger partial charge in [-0.15, -0.1) is 10.2 Å². The molecule has 0 atom stereocenters. The van der Waals surface area contributed by atoms with Gasteiger partial charge in [0.2, 0.25) is 11.0 Å². The summed E-state index contributed by atoms with van der Waals surface area (Å²) in [6, 6.07) is 11.4. The van der Waals surface area contributed by atoms with Crippen LogP contribution in [-0.4, -0.2) is 54.6 Å². The van der Waals surface area contributed by atoms with E-state index in [1.54, 1.807) is 49.4 Å². The standard InChI is InChI=1S/C22H22N4O6S2/c1-4-32-20(29)13-8-10-14(11-9-13)23-17(27)12-33-22-26-25-21(34-22)24-19(28)15-6-5-7-16(30-2)18(15)31-3/h5-11H,4,12H2,1-3H3,(H,23,27)(H,24,25,28). The number of rotatable bonds is 10. The Bertz CT molecular complexity index is 1170. The first-order valence-corrected chi connectivity index (χ1v) is 11.8. The molecule has 1 heterocycles. The van der Waals surface area contributed by atoms with E-state index in [0.29, 0.717) is 39.3 Å². The number of amides is 2. The van der Waals surface area contributed by atoms with Crippen molar-refractivity contribution in [3.8, 4) is 11.5 Å². The van der Waals surface area contributed by atoms with Gasteiger partial charge in [0, 0.05) is 5.69 Å². The van der Waals surface area contributed by atoms with Crippen molar-refractivity contribution in [3.05, 3.63) is 53.6 Å².